The van der Waals surface area contributed by atoms with Crippen LogP contribution in [0.3, 0.4) is 0 Å². The number of hydrogen-bond acceptors (Lipinski definition) is 6. The lowest BCUT2D eigenvalue weighted by Crippen LogP contribution is -2.32. The second kappa shape index (κ2) is 8.15. The van der Waals surface area contributed by atoms with E-state index in [1.807, 2.05) is 36.1 Å². The summed E-state index contributed by atoms with van der Waals surface area (Å²) >= 11 is 0. The molecule has 1 aliphatic rings. The molecule has 2 aromatic heterocycles. The van der Waals surface area contributed by atoms with Gasteiger partial charge in [-0.3, -0.25) is 4.90 Å². The summed E-state index contributed by atoms with van der Waals surface area (Å²) in [4.78, 5) is 4.35. The van der Waals surface area contributed by atoms with E-state index in [4.69, 9.17) is 5.26 Å². The highest BCUT2D eigenvalue weighted by molar-refractivity contribution is 5.59. The van der Waals surface area contributed by atoms with E-state index < -0.39 is 12.0 Å². The van der Waals surface area contributed by atoms with Crippen molar-refractivity contribution in [3.63, 3.8) is 0 Å². The number of alkyl halides is 3. The zero-order valence-electron chi connectivity index (χ0n) is 17.3. The summed E-state index contributed by atoms with van der Waals surface area (Å²) < 4.78 is 40.8. The summed E-state index contributed by atoms with van der Waals surface area (Å²) in [5, 5.41) is 20.3. The molecule has 0 bridgehead atoms. The fourth-order valence-electron chi connectivity index (χ4n) is 3.87. The zero-order chi connectivity index (χ0) is 22.2. The third-order valence-corrected chi connectivity index (χ3v) is 5.70. The summed E-state index contributed by atoms with van der Waals surface area (Å²) in [7, 11) is 0. The molecule has 0 atom stereocenters. The predicted molar refractivity (Wildman–Crippen MR) is 109 cm³/mol. The highest BCUT2D eigenvalue weighted by atomic mass is 19.4. The first kappa shape index (κ1) is 21.1. The number of fused-ring (bicyclic) bond motifs is 1. The normalized spacial score (nSPS) is 15.8. The minimum atomic E-state index is -4.62. The van der Waals surface area contributed by atoms with Crippen molar-refractivity contribution in [1.29, 1.82) is 5.26 Å². The Labute approximate surface area is 177 Å². The first-order chi connectivity index (χ1) is 14.8. The van der Waals surface area contributed by atoms with Crippen LogP contribution in [-0.2, 0) is 12.7 Å². The largest absolute Gasteiger partial charge is 0.453 e. The molecule has 7 nitrogen and oxygen atoms in total. The van der Waals surface area contributed by atoms with Crippen molar-refractivity contribution < 1.29 is 13.2 Å². The number of nitriles is 1. The molecular formula is C21H22F3N7. The molecule has 1 fully saturated rings. The van der Waals surface area contributed by atoms with E-state index in [2.05, 4.69) is 26.3 Å². The monoisotopic (exact) mass is 429 g/mol. The molecular weight excluding hydrogens is 407 g/mol. The van der Waals surface area contributed by atoms with E-state index >= 15 is 0 Å². The van der Waals surface area contributed by atoms with Gasteiger partial charge < -0.3 is 4.90 Å². The third-order valence-electron chi connectivity index (χ3n) is 5.70. The van der Waals surface area contributed by atoms with Crippen LogP contribution in [0.2, 0.25) is 0 Å². The first-order valence-electron chi connectivity index (χ1n) is 10.0. The Morgan fingerprint density at radius 2 is 1.74 bits per heavy atom. The maximum Gasteiger partial charge on any atom is 0.453 e. The van der Waals surface area contributed by atoms with E-state index in [1.165, 1.54) is 0 Å². The van der Waals surface area contributed by atoms with Gasteiger partial charge in [-0.05, 0) is 38.0 Å². The van der Waals surface area contributed by atoms with Gasteiger partial charge in [-0.2, -0.15) is 22.9 Å². The number of rotatable bonds is 3. The topological polar surface area (TPSA) is 73.3 Å². The Hall–Kier alpha value is -3.19. The quantitative estimate of drug-likeness (QED) is 0.636. The van der Waals surface area contributed by atoms with Gasteiger partial charge in [-0.1, -0.05) is 12.1 Å². The Kier molecular flexibility index (Phi) is 5.54. The zero-order valence-corrected chi connectivity index (χ0v) is 17.3. The lowest BCUT2D eigenvalue weighted by atomic mass is 10.1. The van der Waals surface area contributed by atoms with Crippen LogP contribution in [0.5, 0.6) is 0 Å². The molecule has 0 N–H and O–H groups in total. The van der Waals surface area contributed by atoms with E-state index in [9.17, 15) is 13.2 Å². The number of benzene rings is 1. The number of aryl methyl sites for hydroxylation is 1. The van der Waals surface area contributed by atoms with Gasteiger partial charge >= 0.3 is 6.18 Å². The van der Waals surface area contributed by atoms with Crippen molar-refractivity contribution >= 4 is 11.5 Å². The van der Waals surface area contributed by atoms with Gasteiger partial charge in [-0.25, -0.2) is 0 Å². The molecule has 3 heterocycles. The second-order valence-corrected chi connectivity index (χ2v) is 7.76. The van der Waals surface area contributed by atoms with Crippen molar-refractivity contribution in [2.45, 2.75) is 33.0 Å². The van der Waals surface area contributed by atoms with Crippen LogP contribution in [-0.4, -0.2) is 50.9 Å². The highest BCUT2D eigenvalue weighted by Gasteiger charge is 2.38. The van der Waals surface area contributed by atoms with E-state index in [0.717, 1.165) is 41.7 Å². The van der Waals surface area contributed by atoms with Crippen molar-refractivity contribution in [2.24, 2.45) is 0 Å². The molecule has 0 aliphatic carbocycles. The highest BCUT2D eigenvalue weighted by Crippen LogP contribution is 2.31. The molecule has 162 valence electrons. The SMILES string of the molecule is Cc1c(N2CCCN(Cc3ccc(C#N)cc3)CC2)nn2c(C(F)(F)F)nnc2c1C. The fraction of sp³-hybridized carbons (Fsp3) is 0.429. The van der Waals surface area contributed by atoms with Crippen molar-refractivity contribution in [2.75, 3.05) is 31.1 Å². The molecule has 1 saturated heterocycles. The first-order valence-corrected chi connectivity index (χ1v) is 10.0. The lowest BCUT2D eigenvalue weighted by Gasteiger charge is -2.25. The molecule has 10 heteroatoms. The Bertz CT molecular complexity index is 1130. The summed E-state index contributed by atoms with van der Waals surface area (Å²) in [6, 6.07) is 9.64. The van der Waals surface area contributed by atoms with Gasteiger partial charge in [-0.15, -0.1) is 15.3 Å². The maximum atomic E-state index is 13.3. The average molecular weight is 429 g/mol. The van der Waals surface area contributed by atoms with Crippen LogP contribution in [0.4, 0.5) is 19.0 Å². The summed E-state index contributed by atoms with van der Waals surface area (Å²) in [5.74, 6) is -0.570. The minimum Gasteiger partial charge on any atom is -0.354 e. The number of nitrogens with zero attached hydrogens (tertiary/aromatic N) is 7. The molecule has 0 unspecified atom stereocenters. The lowest BCUT2D eigenvalue weighted by molar-refractivity contribution is -0.146. The molecule has 0 amide bonds. The van der Waals surface area contributed by atoms with Crippen LogP contribution in [0.25, 0.3) is 5.65 Å². The van der Waals surface area contributed by atoms with Gasteiger partial charge in [0, 0.05) is 43.9 Å². The molecule has 1 aliphatic heterocycles. The fourth-order valence-corrected chi connectivity index (χ4v) is 3.87. The molecule has 4 rings (SSSR count). The van der Waals surface area contributed by atoms with Gasteiger partial charge in [0.05, 0.1) is 11.6 Å². The minimum absolute atomic E-state index is 0.130. The Morgan fingerprint density at radius 1 is 1.00 bits per heavy atom. The molecule has 0 radical (unpaired) electrons. The van der Waals surface area contributed by atoms with Crippen LogP contribution in [0.1, 0.15) is 34.5 Å². The summed E-state index contributed by atoms with van der Waals surface area (Å²) in [6.07, 6.45) is -3.76. The third kappa shape index (κ3) is 4.18. The van der Waals surface area contributed by atoms with Crippen LogP contribution >= 0.6 is 0 Å². The number of aromatic nitrogens is 4. The smallest absolute Gasteiger partial charge is 0.354 e. The Balaban J connectivity index is 1.56. The average Bonchev–Trinajstić information content (AvgIpc) is 3.05. The van der Waals surface area contributed by atoms with Crippen molar-refractivity contribution in [3.8, 4) is 6.07 Å². The van der Waals surface area contributed by atoms with Crippen LogP contribution in [0, 0.1) is 25.2 Å². The van der Waals surface area contributed by atoms with Gasteiger partial charge in [0.25, 0.3) is 5.82 Å². The predicted octanol–water partition coefficient (Wildman–Crippen LogP) is 3.34. The Morgan fingerprint density at radius 3 is 2.42 bits per heavy atom. The van der Waals surface area contributed by atoms with Crippen molar-refractivity contribution in [1.82, 2.24) is 24.7 Å². The van der Waals surface area contributed by atoms with Gasteiger partial charge in [0.2, 0.25) is 0 Å². The standard InChI is InChI=1S/C21H22F3N7/c1-14-15(2)19(28-31-18(14)26-27-20(31)21(22,23)24)30-9-3-8-29(10-11-30)13-17-6-4-16(12-25)5-7-17/h4-7H,3,8-11,13H2,1-2H3. The second-order valence-electron chi connectivity index (χ2n) is 7.76. The molecule has 0 saturated carbocycles. The van der Waals surface area contributed by atoms with E-state index in [-0.39, 0.29) is 5.65 Å². The van der Waals surface area contributed by atoms with Gasteiger partial charge in [0.15, 0.2) is 11.5 Å². The van der Waals surface area contributed by atoms with Crippen molar-refractivity contribution in [3.05, 3.63) is 52.3 Å². The summed E-state index contributed by atoms with van der Waals surface area (Å²) in [5.41, 5.74) is 3.34. The van der Waals surface area contributed by atoms with E-state index in [1.54, 1.807) is 6.92 Å². The number of halogens is 3. The van der Waals surface area contributed by atoms with E-state index in [0.29, 0.717) is 30.0 Å². The molecule has 1 aromatic carbocycles. The molecule has 31 heavy (non-hydrogen) atoms. The summed E-state index contributed by atoms with van der Waals surface area (Å²) in [6.45, 7) is 7.35. The molecule has 3 aromatic rings. The van der Waals surface area contributed by atoms with Crippen LogP contribution < -0.4 is 4.90 Å². The van der Waals surface area contributed by atoms with Gasteiger partial charge in [0.1, 0.15) is 0 Å². The maximum absolute atomic E-state index is 13.3. The number of hydrogen-bond donors (Lipinski definition) is 0. The van der Waals surface area contributed by atoms with Crippen LogP contribution in [0.15, 0.2) is 24.3 Å². The molecule has 0 spiro atoms. The number of anilines is 1.